The SMILES string of the molecule is CC(C)c1ccc(NC(=O)c2cnn3c(-c4cccc([N+](=O)[O-])c4)ccnc23)cc1. The van der Waals surface area contributed by atoms with Gasteiger partial charge in [-0.1, -0.05) is 38.1 Å². The van der Waals surface area contributed by atoms with Crippen molar-refractivity contribution in [3.05, 3.63) is 88.2 Å². The number of fused-ring (bicyclic) bond motifs is 1. The minimum absolute atomic E-state index is 0.0209. The van der Waals surface area contributed by atoms with Gasteiger partial charge < -0.3 is 5.32 Å². The largest absolute Gasteiger partial charge is 0.322 e. The molecule has 150 valence electrons. The maximum Gasteiger partial charge on any atom is 0.270 e. The normalized spacial score (nSPS) is 11.0. The number of non-ortho nitro benzene ring substituents is 1. The number of anilines is 1. The Hall–Kier alpha value is -4.07. The number of carbonyl (C=O) groups excluding carboxylic acids is 1. The summed E-state index contributed by atoms with van der Waals surface area (Å²) in [5, 5.41) is 18.2. The van der Waals surface area contributed by atoms with Crippen molar-refractivity contribution in [3.8, 4) is 11.3 Å². The van der Waals surface area contributed by atoms with Crippen LogP contribution in [0.2, 0.25) is 0 Å². The van der Waals surface area contributed by atoms with E-state index < -0.39 is 4.92 Å². The predicted molar refractivity (Wildman–Crippen MR) is 114 cm³/mol. The topological polar surface area (TPSA) is 102 Å². The van der Waals surface area contributed by atoms with Gasteiger partial charge in [-0.05, 0) is 29.7 Å². The highest BCUT2D eigenvalue weighted by Gasteiger charge is 2.17. The third-order valence-electron chi connectivity index (χ3n) is 4.83. The molecule has 1 N–H and O–H groups in total. The smallest absolute Gasteiger partial charge is 0.270 e. The van der Waals surface area contributed by atoms with Crippen LogP contribution < -0.4 is 5.32 Å². The van der Waals surface area contributed by atoms with Crippen LogP contribution in [0.25, 0.3) is 16.9 Å². The second-order valence-electron chi connectivity index (χ2n) is 7.16. The summed E-state index contributed by atoms with van der Waals surface area (Å²) < 4.78 is 1.51. The molecule has 0 aliphatic rings. The molecule has 8 nitrogen and oxygen atoms in total. The number of rotatable bonds is 5. The monoisotopic (exact) mass is 401 g/mol. The molecule has 2 aromatic heterocycles. The minimum atomic E-state index is -0.450. The molecule has 0 aliphatic heterocycles. The lowest BCUT2D eigenvalue weighted by molar-refractivity contribution is -0.384. The summed E-state index contributed by atoms with van der Waals surface area (Å²) in [5.41, 5.74) is 3.74. The summed E-state index contributed by atoms with van der Waals surface area (Å²) in [7, 11) is 0. The zero-order valence-electron chi connectivity index (χ0n) is 16.4. The van der Waals surface area contributed by atoms with Gasteiger partial charge >= 0.3 is 0 Å². The maximum absolute atomic E-state index is 12.8. The predicted octanol–water partition coefficient (Wildman–Crippen LogP) is 4.68. The summed E-state index contributed by atoms with van der Waals surface area (Å²) in [4.78, 5) is 27.7. The average Bonchev–Trinajstić information content (AvgIpc) is 3.18. The first-order chi connectivity index (χ1) is 14.4. The number of nitro groups is 1. The van der Waals surface area contributed by atoms with E-state index in [0.717, 1.165) is 0 Å². The lowest BCUT2D eigenvalue weighted by Gasteiger charge is -2.08. The third-order valence-corrected chi connectivity index (χ3v) is 4.83. The van der Waals surface area contributed by atoms with E-state index in [4.69, 9.17) is 0 Å². The Balaban J connectivity index is 1.67. The first kappa shape index (κ1) is 19.3. The van der Waals surface area contributed by atoms with Crippen LogP contribution in [0.4, 0.5) is 11.4 Å². The Bertz CT molecular complexity index is 1250. The molecule has 4 rings (SSSR count). The van der Waals surface area contributed by atoms with E-state index in [1.54, 1.807) is 24.4 Å². The molecule has 0 aliphatic carbocycles. The van der Waals surface area contributed by atoms with E-state index >= 15 is 0 Å². The van der Waals surface area contributed by atoms with Crippen LogP contribution in [0.15, 0.2) is 67.0 Å². The van der Waals surface area contributed by atoms with E-state index in [9.17, 15) is 14.9 Å². The molecule has 2 aromatic carbocycles. The van der Waals surface area contributed by atoms with Gasteiger partial charge in [0.2, 0.25) is 0 Å². The van der Waals surface area contributed by atoms with E-state index in [1.807, 2.05) is 24.3 Å². The van der Waals surface area contributed by atoms with Crippen LogP contribution in [-0.4, -0.2) is 25.4 Å². The number of nitrogens with one attached hydrogen (secondary N) is 1. The first-order valence-electron chi connectivity index (χ1n) is 9.43. The molecular formula is C22H19N5O3. The number of benzene rings is 2. The number of nitro benzene ring substituents is 1. The zero-order valence-corrected chi connectivity index (χ0v) is 16.4. The van der Waals surface area contributed by atoms with E-state index in [0.29, 0.717) is 34.1 Å². The first-order valence-corrected chi connectivity index (χ1v) is 9.43. The van der Waals surface area contributed by atoms with Crippen molar-refractivity contribution < 1.29 is 9.72 Å². The fourth-order valence-corrected chi connectivity index (χ4v) is 3.20. The number of nitrogens with zero attached hydrogens (tertiary/aromatic N) is 4. The zero-order chi connectivity index (χ0) is 21.3. The lowest BCUT2D eigenvalue weighted by Crippen LogP contribution is -2.12. The second-order valence-corrected chi connectivity index (χ2v) is 7.16. The van der Waals surface area contributed by atoms with Gasteiger partial charge in [0.05, 0.1) is 16.8 Å². The summed E-state index contributed by atoms with van der Waals surface area (Å²) in [6.45, 7) is 4.22. The van der Waals surface area contributed by atoms with E-state index in [2.05, 4.69) is 29.2 Å². The van der Waals surface area contributed by atoms with Gasteiger partial charge in [-0.3, -0.25) is 14.9 Å². The molecule has 0 fully saturated rings. The number of carbonyl (C=O) groups is 1. The Morgan fingerprint density at radius 3 is 2.60 bits per heavy atom. The molecule has 8 heteroatoms. The lowest BCUT2D eigenvalue weighted by atomic mass is 10.0. The van der Waals surface area contributed by atoms with Gasteiger partial charge in [0.25, 0.3) is 11.6 Å². The molecule has 0 saturated carbocycles. The highest BCUT2D eigenvalue weighted by atomic mass is 16.6. The van der Waals surface area contributed by atoms with Gasteiger partial charge in [-0.2, -0.15) is 5.10 Å². The van der Waals surface area contributed by atoms with Crippen molar-refractivity contribution in [2.45, 2.75) is 19.8 Å². The van der Waals surface area contributed by atoms with Gasteiger partial charge in [-0.25, -0.2) is 9.50 Å². The van der Waals surface area contributed by atoms with Crippen molar-refractivity contribution in [2.24, 2.45) is 0 Å². The molecule has 0 atom stereocenters. The van der Waals surface area contributed by atoms with Crippen molar-refractivity contribution in [2.75, 3.05) is 5.32 Å². The van der Waals surface area contributed by atoms with Crippen LogP contribution in [0.3, 0.4) is 0 Å². The minimum Gasteiger partial charge on any atom is -0.322 e. The van der Waals surface area contributed by atoms with Gasteiger partial charge in [0.1, 0.15) is 5.56 Å². The Labute approximate surface area is 172 Å². The van der Waals surface area contributed by atoms with Crippen LogP contribution in [-0.2, 0) is 0 Å². The van der Waals surface area contributed by atoms with Crippen molar-refractivity contribution in [1.82, 2.24) is 14.6 Å². The van der Waals surface area contributed by atoms with E-state index in [1.165, 1.54) is 28.4 Å². The van der Waals surface area contributed by atoms with Gasteiger partial charge in [0.15, 0.2) is 5.65 Å². The quantitative estimate of drug-likeness (QED) is 0.386. The summed E-state index contributed by atoms with van der Waals surface area (Å²) >= 11 is 0. The molecule has 0 radical (unpaired) electrons. The Morgan fingerprint density at radius 1 is 1.13 bits per heavy atom. The Kier molecular flexibility index (Phi) is 4.97. The molecule has 0 saturated heterocycles. The summed E-state index contributed by atoms with van der Waals surface area (Å²) in [6.07, 6.45) is 3.00. The summed E-state index contributed by atoms with van der Waals surface area (Å²) in [5.74, 6) is 0.0804. The Morgan fingerprint density at radius 2 is 1.90 bits per heavy atom. The van der Waals surface area contributed by atoms with Gasteiger partial charge in [-0.15, -0.1) is 0 Å². The van der Waals surface area contributed by atoms with Crippen LogP contribution in [0, 0.1) is 10.1 Å². The highest BCUT2D eigenvalue weighted by molar-refractivity contribution is 6.08. The number of hydrogen-bond donors (Lipinski definition) is 1. The van der Waals surface area contributed by atoms with Crippen LogP contribution in [0.5, 0.6) is 0 Å². The molecule has 1 amide bonds. The number of amides is 1. The van der Waals surface area contributed by atoms with Gasteiger partial charge in [0, 0.05) is 29.6 Å². The number of aromatic nitrogens is 3. The van der Waals surface area contributed by atoms with Crippen molar-refractivity contribution in [1.29, 1.82) is 0 Å². The molecule has 2 heterocycles. The maximum atomic E-state index is 12.8. The number of hydrogen-bond acceptors (Lipinski definition) is 5. The van der Waals surface area contributed by atoms with Crippen molar-refractivity contribution >= 4 is 22.9 Å². The average molecular weight is 401 g/mol. The molecule has 30 heavy (non-hydrogen) atoms. The summed E-state index contributed by atoms with van der Waals surface area (Å²) in [6, 6.07) is 15.6. The third kappa shape index (κ3) is 3.62. The fraction of sp³-hybridized carbons (Fsp3) is 0.136. The van der Waals surface area contributed by atoms with Crippen LogP contribution >= 0.6 is 0 Å². The molecular weight excluding hydrogens is 382 g/mol. The molecule has 0 bridgehead atoms. The van der Waals surface area contributed by atoms with Crippen molar-refractivity contribution in [3.63, 3.8) is 0 Å². The molecule has 0 unspecified atom stereocenters. The fourth-order valence-electron chi connectivity index (χ4n) is 3.20. The van der Waals surface area contributed by atoms with E-state index in [-0.39, 0.29) is 11.6 Å². The molecule has 0 spiro atoms. The second kappa shape index (κ2) is 7.75. The standard InChI is InChI=1S/C22H19N5O3/c1-14(2)15-6-8-17(9-7-15)25-22(28)19-13-24-26-20(10-11-23-21(19)26)16-4-3-5-18(12-16)27(29)30/h3-14H,1-2H3,(H,25,28). The van der Waals surface area contributed by atoms with Crippen LogP contribution in [0.1, 0.15) is 35.7 Å². The molecule has 4 aromatic rings. The highest BCUT2D eigenvalue weighted by Crippen LogP contribution is 2.25.